The van der Waals surface area contributed by atoms with Gasteiger partial charge in [0.15, 0.2) is 0 Å². The Kier molecular flexibility index (Phi) is 9.09. The summed E-state index contributed by atoms with van der Waals surface area (Å²) in [7, 11) is 3.56. The van der Waals surface area contributed by atoms with Gasteiger partial charge in [-0.2, -0.15) is 0 Å². The summed E-state index contributed by atoms with van der Waals surface area (Å²) in [6.45, 7) is 3.19. The van der Waals surface area contributed by atoms with Crippen LogP contribution in [0.5, 0.6) is 11.5 Å². The van der Waals surface area contributed by atoms with Crippen LogP contribution >= 0.6 is 8.52 Å². The summed E-state index contributed by atoms with van der Waals surface area (Å²) in [5.41, 5.74) is 6.45. The summed E-state index contributed by atoms with van der Waals surface area (Å²) in [6, 6.07) is 5.26. The van der Waals surface area contributed by atoms with Crippen LogP contribution in [0.25, 0.3) is 0 Å². The lowest BCUT2D eigenvalue weighted by Gasteiger charge is -2.19. The Morgan fingerprint density at radius 2 is 2.21 bits per heavy atom. The van der Waals surface area contributed by atoms with Gasteiger partial charge in [0.1, 0.15) is 11.5 Å². The molecule has 1 aliphatic heterocycles. The van der Waals surface area contributed by atoms with E-state index >= 15 is 0 Å². The van der Waals surface area contributed by atoms with Crippen LogP contribution in [-0.2, 0) is 20.9 Å². The molecule has 0 radical (unpaired) electrons. The normalized spacial score (nSPS) is 17.9. The van der Waals surface area contributed by atoms with Crippen molar-refractivity contribution in [1.29, 1.82) is 0 Å². The molecule has 158 valence electrons. The molecule has 2 unspecified atom stereocenters. The minimum atomic E-state index is -0.424. The first-order valence-corrected chi connectivity index (χ1v) is 10.4. The molecule has 9 heteroatoms. The van der Waals surface area contributed by atoms with E-state index in [1.54, 1.807) is 27.2 Å². The summed E-state index contributed by atoms with van der Waals surface area (Å²) in [6.07, 6.45) is 4.25. The highest BCUT2D eigenvalue weighted by molar-refractivity contribution is 7.23. The fourth-order valence-electron chi connectivity index (χ4n) is 3.29. The Labute approximate surface area is 172 Å². The minimum Gasteiger partial charge on any atom is -0.497 e. The highest BCUT2D eigenvalue weighted by atomic mass is 31.1. The second-order valence-corrected chi connectivity index (χ2v) is 7.03. The Balaban J connectivity index is 2.02. The van der Waals surface area contributed by atoms with E-state index in [1.165, 1.54) is 6.08 Å². The highest BCUT2D eigenvalue weighted by Gasteiger charge is 2.33. The van der Waals surface area contributed by atoms with Gasteiger partial charge in [0, 0.05) is 36.7 Å². The van der Waals surface area contributed by atoms with Crippen molar-refractivity contribution in [3.05, 3.63) is 35.9 Å². The third-order valence-corrected chi connectivity index (χ3v) is 5.18. The van der Waals surface area contributed by atoms with Gasteiger partial charge in [-0.05, 0) is 31.9 Å². The number of nitrogens with zero attached hydrogens (tertiary/aromatic N) is 2. The maximum Gasteiger partial charge on any atom is 0.330 e. The molecular formula is C20H28N3O5P. The molecule has 0 aromatic heterocycles. The Hall–Kier alpha value is -2.44. The molecule has 1 aromatic rings. The zero-order chi connectivity index (χ0) is 21.2. The van der Waals surface area contributed by atoms with Gasteiger partial charge in [-0.25, -0.2) is 9.54 Å². The lowest BCUT2D eigenvalue weighted by atomic mass is 9.98. The summed E-state index contributed by atoms with van der Waals surface area (Å²) >= 11 is 0. The molecule has 0 aliphatic carbocycles. The smallest absolute Gasteiger partial charge is 0.330 e. The lowest BCUT2D eigenvalue weighted by molar-refractivity contribution is -0.137. The number of likely N-dealkylation sites (tertiary alicyclic amines) is 1. The molecular weight excluding hydrogens is 393 g/mol. The fourth-order valence-corrected chi connectivity index (χ4v) is 3.63. The molecule has 1 fully saturated rings. The quantitative estimate of drug-likeness (QED) is 0.354. The predicted octanol–water partition coefficient (Wildman–Crippen LogP) is 2.93. The molecule has 2 N–H and O–H groups in total. The van der Waals surface area contributed by atoms with Crippen LogP contribution in [0.3, 0.4) is 0 Å². The van der Waals surface area contributed by atoms with Gasteiger partial charge >= 0.3 is 5.97 Å². The zero-order valence-electron chi connectivity index (χ0n) is 17.0. The minimum absolute atomic E-state index is 0.0706. The van der Waals surface area contributed by atoms with Crippen LogP contribution in [0.4, 0.5) is 0 Å². The molecule has 2 rings (SSSR count). The lowest BCUT2D eigenvalue weighted by Crippen LogP contribution is -2.28. The first-order chi connectivity index (χ1) is 14.0. The van der Waals surface area contributed by atoms with E-state index in [0.29, 0.717) is 46.1 Å². The first-order valence-electron chi connectivity index (χ1n) is 9.47. The maximum absolute atomic E-state index is 12.9. The van der Waals surface area contributed by atoms with E-state index in [0.717, 1.165) is 12.0 Å². The van der Waals surface area contributed by atoms with Gasteiger partial charge in [-0.15, -0.1) is 0 Å². The van der Waals surface area contributed by atoms with Gasteiger partial charge in [0.2, 0.25) is 5.91 Å². The first kappa shape index (κ1) is 22.8. The van der Waals surface area contributed by atoms with Crippen molar-refractivity contribution in [3.63, 3.8) is 0 Å². The van der Waals surface area contributed by atoms with Crippen molar-refractivity contribution in [2.75, 3.05) is 27.4 Å². The fraction of sp³-hybridized carbons (Fsp3) is 0.500. The molecule has 29 heavy (non-hydrogen) atoms. The summed E-state index contributed by atoms with van der Waals surface area (Å²) < 4.78 is 19.8. The van der Waals surface area contributed by atoms with Crippen LogP contribution < -0.4 is 15.0 Å². The summed E-state index contributed by atoms with van der Waals surface area (Å²) in [4.78, 5) is 26.2. The molecule has 8 nitrogen and oxygen atoms in total. The third-order valence-electron chi connectivity index (χ3n) is 4.75. The highest BCUT2D eigenvalue weighted by Crippen LogP contribution is 2.30. The van der Waals surface area contributed by atoms with E-state index in [-0.39, 0.29) is 17.9 Å². The van der Waals surface area contributed by atoms with Crippen LogP contribution in [-0.4, -0.2) is 50.2 Å². The monoisotopic (exact) mass is 421 g/mol. The third kappa shape index (κ3) is 6.54. The van der Waals surface area contributed by atoms with Crippen molar-refractivity contribution < 1.29 is 23.8 Å². The van der Waals surface area contributed by atoms with Crippen molar-refractivity contribution in [1.82, 2.24) is 4.90 Å². The topological polar surface area (TPSA) is 103 Å². The van der Waals surface area contributed by atoms with Crippen molar-refractivity contribution in [2.45, 2.75) is 32.4 Å². The van der Waals surface area contributed by atoms with E-state index < -0.39 is 5.97 Å². The van der Waals surface area contributed by atoms with Gasteiger partial charge in [-0.1, -0.05) is 6.08 Å². The van der Waals surface area contributed by atoms with Gasteiger partial charge in [0.25, 0.3) is 0 Å². The van der Waals surface area contributed by atoms with Crippen molar-refractivity contribution in [3.8, 4) is 11.5 Å². The molecule has 1 amide bonds. The number of methoxy groups -OCH3 is 2. The van der Waals surface area contributed by atoms with Crippen LogP contribution in [0.15, 0.2) is 35.1 Å². The number of hydrogen-bond acceptors (Lipinski definition) is 6. The number of hydrogen-bond donors (Lipinski definition) is 1. The molecule has 0 bridgehead atoms. The Bertz CT molecular complexity index is 768. The van der Waals surface area contributed by atoms with Crippen molar-refractivity contribution >= 4 is 20.4 Å². The number of rotatable bonds is 10. The predicted molar refractivity (Wildman–Crippen MR) is 111 cm³/mol. The molecule has 1 heterocycles. The number of nitrogens with two attached hydrogens (primary N) is 1. The number of benzene rings is 1. The van der Waals surface area contributed by atoms with Crippen LogP contribution in [0.2, 0.25) is 0 Å². The zero-order valence-corrected chi connectivity index (χ0v) is 17.9. The Morgan fingerprint density at radius 1 is 1.41 bits per heavy atom. The molecule has 1 aliphatic rings. The van der Waals surface area contributed by atoms with Crippen LogP contribution in [0, 0.1) is 5.92 Å². The molecule has 1 saturated heterocycles. The van der Waals surface area contributed by atoms with Gasteiger partial charge in [0.05, 0.1) is 35.4 Å². The number of amides is 1. The summed E-state index contributed by atoms with van der Waals surface area (Å²) in [5.74, 6) is 0.873. The van der Waals surface area contributed by atoms with Gasteiger partial charge in [-0.3, -0.25) is 10.3 Å². The molecule has 2 atom stereocenters. The van der Waals surface area contributed by atoms with E-state index in [2.05, 4.69) is 4.74 Å². The van der Waals surface area contributed by atoms with Crippen LogP contribution in [0.1, 0.15) is 25.3 Å². The number of ether oxygens (including phenoxy) is 3. The second-order valence-electron chi connectivity index (χ2n) is 6.57. The van der Waals surface area contributed by atoms with Gasteiger partial charge < -0.3 is 19.1 Å². The average Bonchev–Trinajstić information content (AvgIpc) is 3.06. The second kappa shape index (κ2) is 11.5. The molecule has 0 saturated carbocycles. The standard InChI is InChI=1S/C20H28N3O5P/c1-4-28-19(24)8-6-16(22-29-21)11-14-9-10-23(20(14)25)13-15-5-7-17(26-2)12-18(15)27-3/h5-8,12,14,16H,4,9-11,13H2,1-3H3,(H2,21,22)/b8-6+. The Morgan fingerprint density at radius 3 is 2.86 bits per heavy atom. The van der Waals surface area contributed by atoms with E-state index in [4.69, 9.17) is 19.7 Å². The van der Waals surface area contributed by atoms with E-state index in [1.807, 2.05) is 23.1 Å². The molecule has 1 aromatic carbocycles. The largest absolute Gasteiger partial charge is 0.497 e. The SMILES string of the molecule is CCOC(=O)/C=C/C(CC1CCN(Cc2ccc(OC)cc2OC)C1=O)N=PN. The average molecular weight is 421 g/mol. The number of carbonyl (C=O) groups excluding carboxylic acids is 2. The maximum atomic E-state index is 12.9. The summed E-state index contributed by atoms with van der Waals surface area (Å²) in [5, 5.41) is 0. The molecule has 0 spiro atoms. The van der Waals surface area contributed by atoms with E-state index in [9.17, 15) is 9.59 Å². The van der Waals surface area contributed by atoms with Crippen molar-refractivity contribution in [2.24, 2.45) is 16.2 Å². The number of carbonyl (C=O) groups is 2. The number of esters is 1.